The molecule has 0 saturated carbocycles. The third-order valence-electron chi connectivity index (χ3n) is 2.69. The molecule has 1 unspecified atom stereocenters. The molecule has 1 aliphatic heterocycles. The number of benzene rings is 1. The molecule has 4 nitrogen and oxygen atoms in total. The molecule has 0 aliphatic carbocycles. The van der Waals surface area contributed by atoms with Crippen molar-refractivity contribution in [2.24, 2.45) is 5.92 Å². The first-order valence-electron chi connectivity index (χ1n) is 5.27. The van der Waals surface area contributed by atoms with Gasteiger partial charge in [0.15, 0.2) is 0 Å². The molecule has 1 atom stereocenters. The molecule has 0 radical (unpaired) electrons. The van der Waals surface area contributed by atoms with Crippen molar-refractivity contribution in [1.29, 1.82) is 0 Å². The van der Waals surface area contributed by atoms with Gasteiger partial charge in [-0.2, -0.15) is 0 Å². The number of carbonyl (C=O) groups excluding carboxylic acids is 2. The van der Waals surface area contributed by atoms with E-state index in [1.54, 1.807) is 4.90 Å². The Morgan fingerprint density at radius 1 is 1.38 bits per heavy atom. The van der Waals surface area contributed by atoms with Crippen molar-refractivity contribution in [3.8, 4) is 0 Å². The highest BCUT2D eigenvalue weighted by Crippen LogP contribution is 2.19. The van der Waals surface area contributed by atoms with E-state index in [1.165, 1.54) is 0 Å². The maximum atomic E-state index is 11.7. The number of amides is 3. The van der Waals surface area contributed by atoms with Crippen LogP contribution in [0.3, 0.4) is 0 Å². The molecule has 0 bridgehead atoms. The van der Waals surface area contributed by atoms with Crippen LogP contribution in [0.15, 0.2) is 24.3 Å². The third kappa shape index (κ3) is 1.91. The number of anilines is 1. The summed E-state index contributed by atoms with van der Waals surface area (Å²) in [6.45, 7) is 4.22. The van der Waals surface area contributed by atoms with E-state index in [9.17, 15) is 9.59 Å². The van der Waals surface area contributed by atoms with Gasteiger partial charge in [0, 0.05) is 12.2 Å². The highest BCUT2D eigenvalue weighted by atomic mass is 16.2. The number of rotatable bonds is 1. The SMILES string of the molecule is Cc1cccc(N2CC(C)C(=O)NC2=O)c1. The molecule has 1 aliphatic rings. The Balaban J connectivity index is 2.27. The fraction of sp³-hybridized carbons (Fsp3) is 0.333. The molecule has 84 valence electrons. The Hall–Kier alpha value is -1.84. The van der Waals surface area contributed by atoms with Crippen LogP contribution < -0.4 is 10.2 Å². The van der Waals surface area contributed by atoms with Gasteiger partial charge in [0.2, 0.25) is 5.91 Å². The van der Waals surface area contributed by atoms with Crippen LogP contribution in [0.4, 0.5) is 10.5 Å². The number of nitrogens with one attached hydrogen (secondary N) is 1. The van der Waals surface area contributed by atoms with Crippen LogP contribution in [0, 0.1) is 12.8 Å². The summed E-state index contributed by atoms with van der Waals surface area (Å²) in [5.41, 5.74) is 1.92. The van der Waals surface area contributed by atoms with Gasteiger partial charge in [-0.1, -0.05) is 19.1 Å². The Morgan fingerprint density at radius 3 is 2.81 bits per heavy atom. The molecule has 16 heavy (non-hydrogen) atoms. The van der Waals surface area contributed by atoms with Crippen molar-refractivity contribution in [1.82, 2.24) is 5.32 Å². The van der Waals surface area contributed by atoms with Gasteiger partial charge >= 0.3 is 6.03 Å². The van der Waals surface area contributed by atoms with E-state index in [4.69, 9.17) is 0 Å². The molecule has 1 fully saturated rings. The summed E-state index contributed by atoms with van der Waals surface area (Å²) >= 11 is 0. The van der Waals surface area contributed by atoms with Gasteiger partial charge in [-0.3, -0.25) is 15.0 Å². The predicted molar refractivity (Wildman–Crippen MR) is 61.2 cm³/mol. The number of aryl methyl sites for hydroxylation is 1. The Labute approximate surface area is 94.2 Å². The van der Waals surface area contributed by atoms with Crippen molar-refractivity contribution >= 4 is 17.6 Å². The minimum absolute atomic E-state index is 0.168. The van der Waals surface area contributed by atoms with Crippen LogP contribution in [0.5, 0.6) is 0 Å². The van der Waals surface area contributed by atoms with E-state index in [0.717, 1.165) is 11.3 Å². The molecule has 2 rings (SSSR count). The lowest BCUT2D eigenvalue weighted by molar-refractivity contribution is -0.123. The summed E-state index contributed by atoms with van der Waals surface area (Å²) in [4.78, 5) is 24.5. The highest BCUT2D eigenvalue weighted by molar-refractivity contribution is 6.06. The van der Waals surface area contributed by atoms with Crippen LogP contribution in [0.1, 0.15) is 12.5 Å². The van der Waals surface area contributed by atoms with Crippen molar-refractivity contribution in [2.45, 2.75) is 13.8 Å². The van der Waals surface area contributed by atoms with Crippen molar-refractivity contribution in [3.05, 3.63) is 29.8 Å². The van der Waals surface area contributed by atoms with E-state index >= 15 is 0 Å². The fourth-order valence-corrected chi connectivity index (χ4v) is 1.75. The summed E-state index contributed by atoms with van der Waals surface area (Å²) in [5, 5.41) is 2.35. The van der Waals surface area contributed by atoms with Gasteiger partial charge in [0.05, 0.1) is 5.92 Å². The molecule has 1 heterocycles. The standard InChI is InChI=1S/C12H14N2O2/c1-8-4-3-5-10(6-8)14-7-9(2)11(15)13-12(14)16/h3-6,9H,7H2,1-2H3,(H,13,15,16). The normalized spacial score (nSPS) is 20.9. The molecule has 0 aromatic heterocycles. The van der Waals surface area contributed by atoms with Gasteiger partial charge in [-0.15, -0.1) is 0 Å². The first-order chi connectivity index (χ1) is 7.58. The monoisotopic (exact) mass is 218 g/mol. The zero-order valence-electron chi connectivity index (χ0n) is 9.36. The number of urea groups is 1. The van der Waals surface area contributed by atoms with Gasteiger partial charge in [0.1, 0.15) is 0 Å². The Bertz CT molecular complexity index is 442. The molecule has 1 N–H and O–H groups in total. The number of imide groups is 1. The zero-order chi connectivity index (χ0) is 11.7. The van der Waals surface area contributed by atoms with Crippen LogP contribution in [0.25, 0.3) is 0 Å². The Kier molecular flexibility index (Phi) is 2.64. The maximum Gasteiger partial charge on any atom is 0.328 e. The lowest BCUT2D eigenvalue weighted by Crippen LogP contribution is -2.53. The van der Waals surface area contributed by atoms with Crippen LogP contribution in [-0.4, -0.2) is 18.5 Å². The van der Waals surface area contributed by atoms with E-state index in [2.05, 4.69) is 5.32 Å². The number of carbonyl (C=O) groups is 2. The van der Waals surface area contributed by atoms with Crippen molar-refractivity contribution in [3.63, 3.8) is 0 Å². The minimum Gasteiger partial charge on any atom is -0.293 e. The van der Waals surface area contributed by atoms with Crippen LogP contribution >= 0.6 is 0 Å². The quantitative estimate of drug-likeness (QED) is 0.779. The lowest BCUT2D eigenvalue weighted by atomic mass is 10.1. The molecule has 1 aromatic carbocycles. The summed E-state index contributed by atoms with van der Waals surface area (Å²) in [7, 11) is 0. The molecule has 4 heteroatoms. The molecular formula is C12H14N2O2. The van der Waals surface area contributed by atoms with Gasteiger partial charge in [-0.25, -0.2) is 4.79 Å². The van der Waals surface area contributed by atoms with Crippen molar-refractivity contribution in [2.75, 3.05) is 11.4 Å². The summed E-state index contributed by atoms with van der Waals surface area (Å²) in [6.07, 6.45) is 0. The summed E-state index contributed by atoms with van der Waals surface area (Å²) < 4.78 is 0. The van der Waals surface area contributed by atoms with E-state index in [0.29, 0.717) is 6.54 Å². The molecule has 3 amide bonds. The maximum absolute atomic E-state index is 11.7. The number of hydrogen-bond acceptors (Lipinski definition) is 2. The largest absolute Gasteiger partial charge is 0.328 e. The van der Waals surface area contributed by atoms with Gasteiger partial charge in [0.25, 0.3) is 0 Å². The zero-order valence-corrected chi connectivity index (χ0v) is 9.36. The average molecular weight is 218 g/mol. The smallest absolute Gasteiger partial charge is 0.293 e. The predicted octanol–water partition coefficient (Wildman–Crippen LogP) is 1.69. The first-order valence-corrected chi connectivity index (χ1v) is 5.27. The third-order valence-corrected chi connectivity index (χ3v) is 2.69. The minimum atomic E-state index is -0.339. The lowest BCUT2D eigenvalue weighted by Gasteiger charge is -2.30. The first kappa shape index (κ1) is 10.7. The average Bonchev–Trinajstić information content (AvgIpc) is 2.23. The molecular weight excluding hydrogens is 204 g/mol. The second-order valence-electron chi connectivity index (χ2n) is 4.15. The van der Waals surface area contributed by atoms with E-state index in [1.807, 2.05) is 38.1 Å². The van der Waals surface area contributed by atoms with E-state index < -0.39 is 0 Å². The van der Waals surface area contributed by atoms with Crippen molar-refractivity contribution < 1.29 is 9.59 Å². The number of hydrogen-bond donors (Lipinski definition) is 1. The molecule has 0 spiro atoms. The second-order valence-corrected chi connectivity index (χ2v) is 4.15. The number of nitrogens with zero attached hydrogens (tertiary/aromatic N) is 1. The summed E-state index contributed by atoms with van der Waals surface area (Å²) in [6, 6.07) is 7.34. The van der Waals surface area contributed by atoms with Crippen LogP contribution in [0.2, 0.25) is 0 Å². The molecule has 1 saturated heterocycles. The van der Waals surface area contributed by atoms with E-state index in [-0.39, 0.29) is 17.9 Å². The topological polar surface area (TPSA) is 49.4 Å². The highest BCUT2D eigenvalue weighted by Gasteiger charge is 2.29. The Morgan fingerprint density at radius 2 is 2.12 bits per heavy atom. The fourth-order valence-electron chi connectivity index (χ4n) is 1.75. The van der Waals surface area contributed by atoms with Crippen LogP contribution in [-0.2, 0) is 4.79 Å². The second kappa shape index (κ2) is 3.96. The summed E-state index contributed by atoms with van der Waals surface area (Å²) in [5.74, 6) is -0.368. The van der Waals surface area contributed by atoms with Gasteiger partial charge in [-0.05, 0) is 24.6 Å². The van der Waals surface area contributed by atoms with Gasteiger partial charge < -0.3 is 0 Å². The molecule has 1 aromatic rings.